The molecule has 2 saturated carbocycles. The molecule has 2 fully saturated rings. The molecular formula is C16H28O3. The van der Waals surface area contributed by atoms with Gasteiger partial charge in [-0.3, -0.25) is 4.79 Å². The molecule has 110 valence electrons. The number of esters is 1. The maximum atomic E-state index is 12.0. The fraction of sp³-hybridized carbons (Fsp3) is 0.938. The van der Waals surface area contributed by atoms with Crippen molar-refractivity contribution in [3.05, 3.63) is 0 Å². The molecule has 19 heavy (non-hydrogen) atoms. The van der Waals surface area contributed by atoms with Gasteiger partial charge >= 0.3 is 5.97 Å². The zero-order valence-corrected chi connectivity index (χ0v) is 12.1. The molecule has 0 aromatic heterocycles. The minimum Gasteiger partial charge on any atom is -0.463 e. The van der Waals surface area contributed by atoms with Gasteiger partial charge in [-0.1, -0.05) is 26.2 Å². The fourth-order valence-electron chi connectivity index (χ4n) is 3.44. The van der Waals surface area contributed by atoms with Gasteiger partial charge in [-0.2, -0.15) is 0 Å². The molecule has 1 N–H and O–H groups in total. The highest BCUT2D eigenvalue weighted by atomic mass is 16.5. The van der Waals surface area contributed by atoms with E-state index in [2.05, 4.69) is 6.92 Å². The molecule has 1 atom stereocenters. The summed E-state index contributed by atoms with van der Waals surface area (Å²) in [5.74, 6) is 1.08. The molecule has 0 radical (unpaired) electrons. The van der Waals surface area contributed by atoms with Gasteiger partial charge in [-0.25, -0.2) is 0 Å². The number of carbonyl (C=O) groups is 1. The number of hydrogen-bond donors (Lipinski definition) is 1. The van der Waals surface area contributed by atoms with E-state index in [-0.39, 0.29) is 18.5 Å². The first-order valence-corrected chi connectivity index (χ1v) is 8.01. The van der Waals surface area contributed by atoms with Gasteiger partial charge in [0.05, 0.1) is 12.0 Å². The zero-order valence-electron chi connectivity index (χ0n) is 12.1. The Morgan fingerprint density at radius 2 is 1.74 bits per heavy atom. The molecular weight excluding hydrogens is 240 g/mol. The Labute approximate surface area is 116 Å². The van der Waals surface area contributed by atoms with Gasteiger partial charge in [0.25, 0.3) is 0 Å². The fourth-order valence-corrected chi connectivity index (χ4v) is 3.44. The number of hydrogen-bond acceptors (Lipinski definition) is 3. The van der Waals surface area contributed by atoms with E-state index in [4.69, 9.17) is 4.74 Å². The van der Waals surface area contributed by atoms with Crippen LogP contribution in [0, 0.1) is 17.8 Å². The van der Waals surface area contributed by atoms with Crippen molar-refractivity contribution in [1.82, 2.24) is 0 Å². The van der Waals surface area contributed by atoms with Crippen LogP contribution in [-0.2, 0) is 9.53 Å². The van der Waals surface area contributed by atoms with Crippen molar-refractivity contribution >= 4 is 5.97 Å². The van der Waals surface area contributed by atoms with Crippen LogP contribution in [0.5, 0.6) is 0 Å². The van der Waals surface area contributed by atoms with Gasteiger partial charge in [0.2, 0.25) is 0 Å². The molecule has 2 aliphatic carbocycles. The summed E-state index contributed by atoms with van der Waals surface area (Å²) in [5.41, 5.74) is 0. The lowest BCUT2D eigenvalue weighted by Crippen LogP contribution is -2.31. The van der Waals surface area contributed by atoms with Crippen LogP contribution in [0.2, 0.25) is 0 Å². The maximum absolute atomic E-state index is 12.0. The van der Waals surface area contributed by atoms with Crippen molar-refractivity contribution in [2.45, 2.75) is 70.8 Å². The van der Waals surface area contributed by atoms with Crippen molar-refractivity contribution in [2.24, 2.45) is 17.8 Å². The van der Waals surface area contributed by atoms with Gasteiger partial charge in [0.15, 0.2) is 0 Å². The number of aliphatic hydroxyl groups excluding tert-OH is 1. The van der Waals surface area contributed by atoms with Crippen LogP contribution >= 0.6 is 0 Å². The number of ether oxygens (including phenoxy) is 1. The van der Waals surface area contributed by atoms with Crippen molar-refractivity contribution in [2.75, 3.05) is 6.61 Å². The van der Waals surface area contributed by atoms with E-state index >= 15 is 0 Å². The third kappa shape index (κ3) is 4.48. The van der Waals surface area contributed by atoms with Gasteiger partial charge in [0, 0.05) is 0 Å². The van der Waals surface area contributed by atoms with Crippen molar-refractivity contribution in [3.63, 3.8) is 0 Å². The van der Waals surface area contributed by atoms with Gasteiger partial charge in [0.1, 0.15) is 6.61 Å². The minimum atomic E-state index is -0.452. The summed E-state index contributed by atoms with van der Waals surface area (Å²) in [6.45, 7) is 2.45. The Morgan fingerprint density at radius 3 is 2.37 bits per heavy atom. The highest BCUT2D eigenvalue weighted by Gasteiger charge is 2.27. The molecule has 0 bridgehead atoms. The lowest BCUT2D eigenvalue weighted by atomic mass is 9.83. The van der Waals surface area contributed by atoms with E-state index < -0.39 is 6.10 Å². The van der Waals surface area contributed by atoms with Crippen molar-refractivity contribution < 1.29 is 14.6 Å². The highest BCUT2D eigenvalue weighted by Crippen LogP contribution is 2.30. The van der Waals surface area contributed by atoms with Gasteiger partial charge < -0.3 is 9.84 Å². The summed E-state index contributed by atoms with van der Waals surface area (Å²) >= 11 is 0. The molecule has 0 amide bonds. The van der Waals surface area contributed by atoms with Crippen LogP contribution in [0.4, 0.5) is 0 Å². The second kappa shape index (κ2) is 7.28. The van der Waals surface area contributed by atoms with Gasteiger partial charge in [-0.05, 0) is 50.4 Å². The molecule has 0 heterocycles. The minimum absolute atomic E-state index is 0.0785. The van der Waals surface area contributed by atoms with Crippen LogP contribution in [0.25, 0.3) is 0 Å². The quantitative estimate of drug-likeness (QED) is 0.796. The van der Waals surface area contributed by atoms with E-state index in [1.54, 1.807) is 0 Å². The second-order valence-electron chi connectivity index (χ2n) is 6.55. The van der Waals surface area contributed by atoms with E-state index in [1.807, 2.05) is 0 Å². The largest absolute Gasteiger partial charge is 0.463 e. The molecule has 1 unspecified atom stereocenters. The Hall–Kier alpha value is -0.570. The van der Waals surface area contributed by atoms with Crippen molar-refractivity contribution in [3.8, 4) is 0 Å². The molecule has 0 spiro atoms. The molecule has 2 rings (SSSR count). The van der Waals surface area contributed by atoms with E-state index in [9.17, 15) is 9.90 Å². The molecule has 0 aliphatic heterocycles. The second-order valence-corrected chi connectivity index (χ2v) is 6.55. The van der Waals surface area contributed by atoms with Crippen molar-refractivity contribution in [1.29, 1.82) is 0 Å². The first kappa shape index (κ1) is 14.8. The topological polar surface area (TPSA) is 46.5 Å². The summed E-state index contributed by atoms with van der Waals surface area (Å²) in [5, 5.41) is 10.1. The normalized spacial score (nSPS) is 30.8. The number of rotatable bonds is 4. The SMILES string of the molecule is CC1CCC(C(=O)OCC(O)C2CCCCC2)CC1. The molecule has 3 heteroatoms. The monoisotopic (exact) mass is 268 g/mol. The van der Waals surface area contributed by atoms with Gasteiger partial charge in [-0.15, -0.1) is 0 Å². The molecule has 2 aliphatic rings. The Kier molecular flexibility index (Phi) is 5.68. The smallest absolute Gasteiger partial charge is 0.309 e. The van der Waals surface area contributed by atoms with E-state index in [0.29, 0.717) is 5.92 Å². The third-order valence-corrected chi connectivity index (χ3v) is 4.94. The molecule has 0 saturated heterocycles. The zero-order chi connectivity index (χ0) is 13.7. The average molecular weight is 268 g/mol. The summed E-state index contributed by atoms with van der Waals surface area (Å²) in [7, 11) is 0. The molecule has 3 nitrogen and oxygen atoms in total. The predicted molar refractivity (Wildman–Crippen MR) is 74.7 cm³/mol. The molecule has 0 aromatic rings. The van der Waals surface area contributed by atoms with Crippen LogP contribution in [0.3, 0.4) is 0 Å². The van der Waals surface area contributed by atoms with Crippen LogP contribution in [0.15, 0.2) is 0 Å². The first-order chi connectivity index (χ1) is 9.16. The summed E-state index contributed by atoms with van der Waals surface area (Å²) in [4.78, 5) is 12.0. The van der Waals surface area contributed by atoms with Crippen LogP contribution in [-0.4, -0.2) is 23.8 Å². The number of carbonyl (C=O) groups excluding carboxylic acids is 1. The summed E-state index contributed by atoms with van der Waals surface area (Å²) in [6, 6.07) is 0. The highest BCUT2D eigenvalue weighted by molar-refractivity contribution is 5.72. The summed E-state index contributed by atoms with van der Waals surface area (Å²) in [6.07, 6.45) is 9.58. The molecule has 0 aromatic carbocycles. The lowest BCUT2D eigenvalue weighted by Gasteiger charge is -2.28. The Morgan fingerprint density at radius 1 is 1.11 bits per heavy atom. The van der Waals surface area contributed by atoms with Crippen LogP contribution in [0.1, 0.15) is 64.7 Å². The number of aliphatic hydroxyl groups is 1. The standard InChI is InChI=1S/C16H28O3/c1-12-7-9-14(10-8-12)16(18)19-11-15(17)13-5-3-2-4-6-13/h12-15,17H,2-11H2,1H3. The van der Waals surface area contributed by atoms with Crippen LogP contribution < -0.4 is 0 Å². The Balaban J connectivity index is 1.67. The summed E-state index contributed by atoms with van der Waals surface area (Å²) < 4.78 is 5.34. The first-order valence-electron chi connectivity index (χ1n) is 8.01. The lowest BCUT2D eigenvalue weighted by molar-refractivity contribution is -0.154. The average Bonchev–Trinajstić information content (AvgIpc) is 2.46. The van der Waals surface area contributed by atoms with E-state index in [0.717, 1.165) is 44.4 Å². The third-order valence-electron chi connectivity index (χ3n) is 4.94. The Bertz CT molecular complexity index is 276. The maximum Gasteiger partial charge on any atom is 0.309 e. The van der Waals surface area contributed by atoms with E-state index in [1.165, 1.54) is 19.3 Å². The predicted octanol–water partition coefficient (Wildman–Crippen LogP) is 3.30.